The Labute approximate surface area is 200 Å². The second-order valence-electron chi connectivity index (χ2n) is 4.89. The van der Waals surface area contributed by atoms with Gasteiger partial charge in [-0.05, 0) is 24.3 Å². The van der Waals surface area contributed by atoms with Gasteiger partial charge in [0.25, 0.3) is 11.1 Å². The number of nitrogens with zero attached hydrogens (tertiary/aromatic N) is 1. The van der Waals surface area contributed by atoms with Gasteiger partial charge >= 0.3 is 59.1 Å². The van der Waals surface area contributed by atoms with Gasteiger partial charge in [0.1, 0.15) is 18.7 Å². The summed E-state index contributed by atoms with van der Waals surface area (Å²) in [4.78, 5) is 49.0. The molecule has 130 valence electrons. The predicted molar refractivity (Wildman–Crippen MR) is 86.1 cm³/mol. The van der Waals surface area contributed by atoms with Gasteiger partial charge < -0.3 is 24.6 Å². The molecule has 0 radical (unpaired) electrons. The van der Waals surface area contributed by atoms with Gasteiger partial charge in [0.05, 0.1) is 22.2 Å². The molecule has 0 saturated carbocycles. The molecule has 0 atom stereocenters. The van der Waals surface area contributed by atoms with Crippen molar-refractivity contribution in [2.45, 2.75) is 0 Å². The molecule has 2 heterocycles. The Bertz CT molecular complexity index is 1140. The molecule has 0 aliphatic carbocycles. The first-order valence-corrected chi connectivity index (χ1v) is 8.43. The number of nitrogens with two attached hydrogens (primary N) is 1. The first-order valence-electron chi connectivity index (χ1n) is 6.59. The van der Waals surface area contributed by atoms with Crippen LogP contribution in [0.3, 0.4) is 0 Å². The normalized spacial score (nSPS) is 10.8. The maximum atomic E-state index is 12.0. The maximum absolute atomic E-state index is 12.0. The van der Waals surface area contributed by atoms with Gasteiger partial charge in [-0.15, -0.1) is 0 Å². The van der Waals surface area contributed by atoms with E-state index in [1.807, 2.05) is 0 Å². The largest absolute Gasteiger partial charge is 1.00 e. The van der Waals surface area contributed by atoms with Crippen molar-refractivity contribution in [3.63, 3.8) is 0 Å². The van der Waals surface area contributed by atoms with E-state index in [-0.39, 0.29) is 92.2 Å². The molecule has 0 unspecified atom stereocenters. The van der Waals surface area contributed by atoms with E-state index in [9.17, 15) is 23.9 Å². The van der Waals surface area contributed by atoms with E-state index in [2.05, 4.69) is 19.7 Å². The summed E-state index contributed by atoms with van der Waals surface area (Å²) in [6.45, 7) is 0. The van der Waals surface area contributed by atoms with Crippen LogP contribution >= 0.6 is 19.4 Å². The van der Waals surface area contributed by atoms with Crippen LogP contribution < -0.4 is 90.3 Å². The number of phosphoric acid groups is 1. The molecule has 0 aliphatic heterocycles. The first-order chi connectivity index (χ1) is 11.7. The number of hydrogen-bond donors (Lipinski definition) is 3. The fourth-order valence-electron chi connectivity index (χ4n) is 2.27. The fraction of sp³-hybridized carbons (Fsp3) is 0. The summed E-state index contributed by atoms with van der Waals surface area (Å²) in [6, 6.07) is 5.15. The number of H-pyrrole nitrogens is 2. The van der Waals surface area contributed by atoms with Crippen molar-refractivity contribution in [2.24, 2.45) is 0 Å². The minimum atomic E-state index is -5.18. The van der Waals surface area contributed by atoms with Crippen LogP contribution in [0.5, 0.6) is 5.75 Å². The zero-order valence-electron chi connectivity index (χ0n) is 14.1. The van der Waals surface area contributed by atoms with Crippen LogP contribution in [0.1, 0.15) is 0 Å². The molecule has 0 aliphatic rings. The summed E-state index contributed by atoms with van der Waals surface area (Å²) >= 11 is 6.00. The summed E-state index contributed by atoms with van der Waals surface area (Å²) in [5.41, 5.74) is 5.03. The summed E-state index contributed by atoms with van der Waals surface area (Å²) < 4.78 is 14.8. The van der Waals surface area contributed by atoms with Crippen molar-refractivity contribution < 1.29 is 78.0 Å². The monoisotopic (exact) mass is 428 g/mol. The molecule has 0 bridgehead atoms. The number of anilines is 1. The number of phosphoric ester groups is 1. The summed E-state index contributed by atoms with van der Waals surface area (Å²) in [7, 11) is -5.18. The molecule has 4 N–H and O–H groups in total. The molecule has 0 fully saturated rings. The molecule has 0 saturated heterocycles. The van der Waals surface area contributed by atoms with Gasteiger partial charge in [0, 0.05) is 5.56 Å². The Morgan fingerprint density at radius 2 is 1.56 bits per heavy atom. The predicted octanol–water partition coefficient (Wildman–Crippen LogP) is -6.27. The molecule has 1 aromatic carbocycles. The average Bonchev–Trinajstić information content (AvgIpc) is 2.52. The number of aromatic nitrogens is 3. The van der Waals surface area contributed by atoms with E-state index in [1.165, 1.54) is 24.3 Å². The van der Waals surface area contributed by atoms with Crippen molar-refractivity contribution in [2.75, 3.05) is 5.73 Å². The Morgan fingerprint density at radius 3 is 2.07 bits per heavy atom. The first kappa shape index (κ1) is 24.4. The second-order valence-corrected chi connectivity index (χ2v) is 6.32. The van der Waals surface area contributed by atoms with E-state index in [0.29, 0.717) is 5.56 Å². The smallest absolute Gasteiger partial charge is 0.780 e. The third-order valence-corrected chi connectivity index (χ3v) is 3.99. The van der Waals surface area contributed by atoms with Crippen LogP contribution in [0.15, 0.2) is 33.9 Å². The van der Waals surface area contributed by atoms with E-state index >= 15 is 0 Å². The Kier molecular flexibility index (Phi) is 8.34. The van der Waals surface area contributed by atoms with E-state index in [1.54, 1.807) is 0 Å². The molecule has 27 heavy (non-hydrogen) atoms. The van der Waals surface area contributed by atoms with E-state index < -0.39 is 18.9 Å². The molecule has 10 nitrogen and oxygen atoms in total. The number of pyridine rings is 1. The molecule has 3 rings (SSSR count). The van der Waals surface area contributed by atoms with Gasteiger partial charge in [-0.25, -0.2) is 4.98 Å². The van der Waals surface area contributed by atoms with Crippen LogP contribution in [0.25, 0.3) is 22.0 Å². The minimum Gasteiger partial charge on any atom is -0.780 e. The van der Waals surface area contributed by atoms with Crippen LogP contribution in [-0.4, -0.2) is 15.2 Å². The standard InChI is InChI=1S/C13H10ClN4O6P.2Na/c14-11-8-7(12(19)17-18-13(8)20)9(15)10(16-11)5-1-3-6(4-2-5)24-25(21,22)23;;/h1-4H,15H2,(H,17,19)(H,18,20)(H2,21,22,23);;/q;2*+1/p-2. The summed E-state index contributed by atoms with van der Waals surface area (Å²) in [5, 5.41) is 3.77. The van der Waals surface area contributed by atoms with Crippen molar-refractivity contribution in [3.8, 4) is 17.0 Å². The number of benzene rings is 1. The second kappa shape index (κ2) is 9.23. The van der Waals surface area contributed by atoms with Crippen molar-refractivity contribution in [1.82, 2.24) is 15.2 Å². The quantitative estimate of drug-likeness (QED) is 0.209. The zero-order valence-corrected chi connectivity index (χ0v) is 19.8. The molecule has 14 heteroatoms. The Balaban J connectivity index is 0.00000182. The van der Waals surface area contributed by atoms with Gasteiger partial charge in [-0.2, -0.15) is 0 Å². The van der Waals surface area contributed by atoms with Crippen LogP contribution in [-0.2, 0) is 4.57 Å². The molecule has 0 spiro atoms. The van der Waals surface area contributed by atoms with Crippen LogP contribution in [0.2, 0.25) is 5.15 Å². The number of nitrogens with one attached hydrogen (secondary N) is 2. The Morgan fingerprint density at radius 1 is 1.04 bits per heavy atom. The molecule has 0 amide bonds. The van der Waals surface area contributed by atoms with Crippen LogP contribution in [0.4, 0.5) is 5.69 Å². The van der Waals surface area contributed by atoms with Gasteiger partial charge in [0.2, 0.25) is 0 Å². The van der Waals surface area contributed by atoms with E-state index in [4.69, 9.17) is 17.3 Å². The molecular weight excluding hydrogens is 421 g/mol. The SMILES string of the molecule is Nc1c(-c2ccc(OP(=O)([O-])[O-])cc2)nc(Cl)c2c(=O)[nH][nH]c(=O)c12.[Na+].[Na+]. The van der Waals surface area contributed by atoms with Crippen molar-refractivity contribution in [1.29, 1.82) is 0 Å². The molecule has 3 aromatic rings. The molecule has 2 aromatic heterocycles. The van der Waals surface area contributed by atoms with Gasteiger partial charge in [0.15, 0.2) is 0 Å². The number of rotatable bonds is 3. The maximum Gasteiger partial charge on any atom is 1.00 e. The van der Waals surface area contributed by atoms with Crippen molar-refractivity contribution >= 4 is 35.9 Å². The summed E-state index contributed by atoms with van der Waals surface area (Å²) in [5.74, 6) is -0.197. The number of nitrogen functional groups attached to an aromatic ring is 1. The third kappa shape index (κ3) is 5.24. The van der Waals surface area contributed by atoms with Crippen molar-refractivity contribution in [3.05, 3.63) is 50.1 Å². The topological polar surface area (TPSA) is 177 Å². The summed E-state index contributed by atoms with van der Waals surface area (Å²) in [6.07, 6.45) is 0. The minimum absolute atomic E-state index is 0. The van der Waals surface area contributed by atoms with Gasteiger partial charge in [-0.1, -0.05) is 11.6 Å². The number of fused-ring (bicyclic) bond motifs is 1. The van der Waals surface area contributed by atoms with Crippen LogP contribution in [0, 0.1) is 0 Å². The van der Waals surface area contributed by atoms with E-state index in [0.717, 1.165) is 0 Å². The third-order valence-electron chi connectivity index (χ3n) is 3.28. The zero-order chi connectivity index (χ0) is 18.4. The number of hydrogen-bond acceptors (Lipinski definition) is 8. The molecular formula is C13H8ClN4Na2O6P. The fourth-order valence-corrected chi connectivity index (χ4v) is 2.92. The number of aromatic amines is 2. The average molecular weight is 429 g/mol. The van der Waals surface area contributed by atoms with Gasteiger partial charge in [-0.3, -0.25) is 19.8 Å². The Hall–Kier alpha value is -0.650. The number of halogens is 1.